The molecule has 2 aromatic rings. The summed E-state index contributed by atoms with van der Waals surface area (Å²) in [6.45, 7) is 0.680. The van der Waals surface area contributed by atoms with Crippen molar-refractivity contribution >= 4 is 56.4 Å². The van der Waals surface area contributed by atoms with Gasteiger partial charge in [-0.15, -0.1) is 0 Å². The maximum absolute atomic E-state index is 12.9. The molecule has 0 saturated carbocycles. The summed E-state index contributed by atoms with van der Waals surface area (Å²) in [5.41, 5.74) is 0.691. The maximum atomic E-state index is 12.9. The molecule has 6 nitrogen and oxygen atoms in total. The van der Waals surface area contributed by atoms with E-state index in [0.717, 1.165) is 0 Å². The second kappa shape index (κ2) is 7.98. The molecule has 30 heavy (non-hydrogen) atoms. The van der Waals surface area contributed by atoms with Gasteiger partial charge in [-0.3, -0.25) is 9.59 Å². The van der Waals surface area contributed by atoms with Gasteiger partial charge in [0.05, 0.1) is 14.9 Å². The molecule has 4 rings (SSSR count). The molecule has 0 amide bonds. The van der Waals surface area contributed by atoms with E-state index >= 15 is 0 Å². The van der Waals surface area contributed by atoms with Gasteiger partial charge in [-0.1, -0.05) is 59.1 Å². The van der Waals surface area contributed by atoms with E-state index in [1.165, 1.54) is 22.5 Å². The molecule has 0 bridgehead atoms. The smallest absolute Gasteiger partial charge is 0.243 e. The number of carbonyl (C=O) groups is 2. The largest absolute Gasteiger partial charge is 0.364 e. The molecule has 1 aliphatic carbocycles. The van der Waals surface area contributed by atoms with Crippen LogP contribution in [0.5, 0.6) is 0 Å². The van der Waals surface area contributed by atoms with Crippen LogP contribution < -0.4 is 0 Å². The van der Waals surface area contributed by atoms with E-state index < -0.39 is 15.8 Å². The lowest BCUT2D eigenvalue weighted by molar-refractivity contribution is 0.0933. The Labute approximate surface area is 188 Å². The first-order valence-electron chi connectivity index (χ1n) is 9.00. The van der Waals surface area contributed by atoms with Crippen molar-refractivity contribution < 1.29 is 18.0 Å². The number of ketones is 2. The van der Waals surface area contributed by atoms with E-state index in [4.69, 9.17) is 34.8 Å². The number of hydrogen-bond donors (Lipinski definition) is 0. The number of sulfonamides is 1. The van der Waals surface area contributed by atoms with Crippen LogP contribution in [0.4, 0.5) is 0 Å². The van der Waals surface area contributed by atoms with E-state index in [9.17, 15) is 18.0 Å². The zero-order chi connectivity index (χ0) is 21.6. The molecule has 0 radical (unpaired) electrons. The fourth-order valence-corrected chi connectivity index (χ4v) is 5.67. The van der Waals surface area contributed by atoms with Gasteiger partial charge in [0.1, 0.15) is 10.7 Å². The molecular weight excluding hydrogens is 471 g/mol. The Bertz CT molecular complexity index is 1200. The summed E-state index contributed by atoms with van der Waals surface area (Å²) in [4.78, 5) is 27.2. The van der Waals surface area contributed by atoms with Crippen molar-refractivity contribution in [1.29, 1.82) is 0 Å². The van der Waals surface area contributed by atoms with Crippen LogP contribution in [0.3, 0.4) is 0 Å². The number of halogens is 3. The van der Waals surface area contributed by atoms with E-state index in [-0.39, 0.29) is 63.2 Å². The maximum Gasteiger partial charge on any atom is 0.243 e. The van der Waals surface area contributed by atoms with Crippen molar-refractivity contribution in [2.75, 3.05) is 26.2 Å². The number of allylic oxidation sites excluding steroid dienone is 2. The van der Waals surface area contributed by atoms with Crippen LogP contribution in [0, 0.1) is 0 Å². The summed E-state index contributed by atoms with van der Waals surface area (Å²) in [6.07, 6.45) is 0. The van der Waals surface area contributed by atoms with Gasteiger partial charge in [0.25, 0.3) is 0 Å². The summed E-state index contributed by atoms with van der Waals surface area (Å²) in [5.74, 6) is -0.747. The van der Waals surface area contributed by atoms with Crippen molar-refractivity contribution in [1.82, 2.24) is 9.21 Å². The number of rotatable bonds is 3. The number of hydrogen-bond acceptors (Lipinski definition) is 5. The Balaban J connectivity index is 1.56. The number of benzene rings is 2. The fraction of sp³-hybridized carbons (Fsp3) is 0.200. The minimum Gasteiger partial charge on any atom is -0.364 e. The fourth-order valence-electron chi connectivity index (χ4n) is 3.55. The predicted molar refractivity (Wildman–Crippen MR) is 115 cm³/mol. The first-order chi connectivity index (χ1) is 14.2. The first kappa shape index (κ1) is 21.3. The molecule has 1 saturated heterocycles. The number of nitrogens with zero attached hydrogens (tertiary/aromatic N) is 2. The van der Waals surface area contributed by atoms with Crippen LogP contribution in [-0.4, -0.2) is 55.4 Å². The summed E-state index contributed by atoms with van der Waals surface area (Å²) in [7, 11) is -3.78. The molecule has 2 aromatic carbocycles. The van der Waals surface area contributed by atoms with Crippen LogP contribution >= 0.6 is 34.8 Å². The van der Waals surface area contributed by atoms with Gasteiger partial charge in [-0.05, 0) is 18.2 Å². The molecule has 10 heteroatoms. The van der Waals surface area contributed by atoms with Crippen LogP contribution in [0.1, 0.15) is 20.7 Å². The topological polar surface area (TPSA) is 74.8 Å². The van der Waals surface area contributed by atoms with Gasteiger partial charge in [-0.25, -0.2) is 8.42 Å². The van der Waals surface area contributed by atoms with E-state index in [1.54, 1.807) is 29.2 Å². The zero-order valence-corrected chi connectivity index (χ0v) is 18.5. The molecule has 0 atom stereocenters. The predicted octanol–water partition coefficient (Wildman–Crippen LogP) is 3.83. The molecule has 156 valence electrons. The third kappa shape index (κ3) is 3.55. The number of fused-ring (bicyclic) bond motifs is 1. The van der Waals surface area contributed by atoms with Gasteiger partial charge in [0.2, 0.25) is 21.6 Å². The average molecular weight is 486 g/mol. The zero-order valence-electron chi connectivity index (χ0n) is 15.4. The van der Waals surface area contributed by atoms with Gasteiger partial charge in [0.15, 0.2) is 0 Å². The first-order valence-corrected chi connectivity index (χ1v) is 11.6. The highest BCUT2D eigenvalue weighted by atomic mass is 35.5. The Morgan fingerprint density at radius 1 is 0.767 bits per heavy atom. The SMILES string of the molecule is O=C1C(Cl)=C(N2CCN(S(=O)(=O)c3ccc(Cl)c(Cl)c3)CC2)C(=O)c2ccccc21. The molecule has 2 aliphatic rings. The van der Waals surface area contributed by atoms with Crippen molar-refractivity contribution in [3.8, 4) is 0 Å². The molecule has 0 unspecified atom stereocenters. The standard InChI is InChI=1S/C20H15Cl3N2O4S/c21-15-6-5-12(11-16(15)22)30(28,29)25-9-7-24(8-10-25)18-17(23)19(26)13-3-1-2-4-14(13)20(18)27/h1-6,11H,7-10H2. The summed E-state index contributed by atoms with van der Waals surface area (Å²) in [5, 5.41) is 0.278. The highest BCUT2D eigenvalue weighted by Gasteiger charge is 2.37. The Morgan fingerprint density at radius 2 is 1.37 bits per heavy atom. The lowest BCUT2D eigenvalue weighted by atomic mass is 9.91. The van der Waals surface area contributed by atoms with Crippen molar-refractivity contribution in [3.63, 3.8) is 0 Å². The molecular formula is C20H15Cl3N2O4S. The van der Waals surface area contributed by atoms with E-state index in [2.05, 4.69) is 0 Å². The van der Waals surface area contributed by atoms with Crippen molar-refractivity contribution in [2.24, 2.45) is 0 Å². The van der Waals surface area contributed by atoms with Gasteiger partial charge in [-0.2, -0.15) is 4.31 Å². The van der Waals surface area contributed by atoms with Gasteiger partial charge < -0.3 is 4.90 Å². The van der Waals surface area contributed by atoms with Crippen LogP contribution in [0.15, 0.2) is 58.1 Å². The van der Waals surface area contributed by atoms with Gasteiger partial charge >= 0.3 is 0 Å². The Kier molecular flexibility index (Phi) is 5.67. The highest BCUT2D eigenvalue weighted by molar-refractivity contribution is 7.89. The number of piperazine rings is 1. The van der Waals surface area contributed by atoms with Crippen LogP contribution in [-0.2, 0) is 10.0 Å². The molecule has 1 heterocycles. The summed E-state index contributed by atoms with van der Waals surface area (Å²) < 4.78 is 27.2. The molecule has 1 aliphatic heterocycles. The molecule has 1 fully saturated rings. The minimum absolute atomic E-state index is 0.0421. The van der Waals surface area contributed by atoms with Crippen molar-refractivity contribution in [2.45, 2.75) is 4.90 Å². The molecule has 0 spiro atoms. The molecule has 0 N–H and O–H groups in total. The second-order valence-electron chi connectivity index (χ2n) is 6.83. The normalized spacial score (nSPS) is 18.0. The van der Waals surface area contributed by atoms with Crippen LogP contribution in [0.2, 0.25) is 10.0 Å². The Morgan fingerprint density at radius 3 is 1.97 bits per heavy atom. The lowest BCUT2D eigenvalue weighted by Crippen LogP contribution is -2.49. The average Bonchev–Trinajstić information content (AvgIpc) is 2.74. The monoisotopic (exact) mass is 484 g/mol. The highest BCUT2D eigenvalue weighted by Crippen LogP contribution is 2.32. The minimum atomic E-state index is -3.78. The second-order valence-corrected chi connectivity index (χ2v) is 9.96. The number of Topliss-reactive ketones (excluding diaryl/α,β-unsaturated/α-hetero) is 2. The quantitative estimate of drug-likeness (QED) is 0.660. The van der Waals surface area contributed by atoms with E-state index in [0.29, 0.717) is 5.56 Å². The lowest BCUT2D eigenvalue weighted by Gasteiger charge is -2.37. The summed E-state index contributed by atoms with van der Waals surface area (Å²) >= 11 is 18.1. The van der Waals surface area contributed by atoms with E-state index in [1.807, 2.05) is 0 Å². The third-order valence-corrected chi connectivity index (χ3v) is 8.11. The molecule has 0 aromatic heterocycles. The third-order valence-electron chi connectivity index (χ3n) is 5.12. The van der Waals surface area contributed by atoms with Gasteiger partial charge in [0, 0.05) is 37.3 Å². The van der Waals surface area contributed by atoms with Crippen molar-refractivity contribution in [3.05, 3.63) is 74.4 Å². The summed E-state index contributed by atoms with van der Waals surface area (Å²) in [6, 6.07) is 10.6. The number of carbonyl (C=O) groups excluding carboxylic acids is 2. The Hall–Kier alpha value is -1.90. The van der Waals surface area contributed by atoms with Crippen LogP contribution in [0.25, 0.3) is 0 Å².